The van der Waals surface area contributed by atoms with Crippen molar-refractivity contribution >= 4 is 17.5 Å². The first kappa shape index (κ1) is 14.4. The molecule has 0 N–H and O–H groups in total. The van der Waals surface area contributed by atoms with E-state index in [9.17, 15) is 4.79 Å². The van der Waals surface area contributed by atoms with Crippen molar-refractivity contribution in [2.45, 2.75) is 38.0 Å². The van der Waals surface area contributed by atoms with Gasteiger partial charge in [0.05, 0.1) is 0 Å². The van der Waals surface area contributed by atoms with Gasteiger partial charge in [-0.2, -0.15) is 0 Å². The summed E-state index contributed by atoms with van der Waals surface area (Å²) >= 11 is 5.96. The predicted octanol–water partition coefficient (Wildman–Crippen LogP) is 3.40. The van der Waals surface area contributed by atoms with Crippen molar-refractivity contribution in [3.05, 3.63) is 35.4 Å². The SMILES string of the molecule is Cc1cccc(CCC(=O)N(C)CC2CC(Cl)C2)c1. The molecule has 0 aromatic heterocycles. The Morgan fingerprint density at radius 2 is 2.16 bits per heavy atom. The Hall–Kier alpha value is -1.02. The van der Waals surface area contributed by atoms with E-state index in [4.69, 9.17) is 11.6 Å². The summed E-state index contributed by atoms with van der Waals surface area (Å²) in [6.07, 6.45) is 3.53. The molecular formula is C16H22ClNO. The largest absolute Gasteiger partial charge is 0.345 e. The molecule has 19 heavy (non-hydrogen) atoms. The number of hydrogen-bond donors (Lipinski definition) is 0. The molecule has 0 saturated heterocycles. The summed E-state index contributed by atoms with van der Waals surface area (Å²) in [5.74, 6) is 0.843. The lowest BCUT2D eigenvalue weighted by atomic mass is 9.84. The molecule has 2 rings (SSSR count). The van der Waals surface area contributed by atoms with Crippen LogP contribution in [0.4, 0.5) is 0 Å². The summed E-state index contributed by atoms with van der Waals surface area (Å²) in [5.41, 5.74) is 2.49. The van der Waals surface area contributed by atoms with Crippen LogP contribution in [0.3, 0.4) is 0 Å². The minimum atomic E-state index is 0.236. The van der Waals surface area contributed by atoms with Gasteiger partial charge in [-0.1, -0.05) is 29.8 Å². The van der Waals surface area contributed by atoms with Crippen LogP contribution >= 0.6 is 11.6 Å². The molecule has 3 heteroatoms. The van der Waals surface area contributed by atoms with Crippen LogP contribution in [0.1, 0.15) is 30.4 Å². The molecule has 1 aromatic rings. The zero-order chi connectivity index (χ0) is 13.8. The monoisotopic (exact) mass is 279 g/mol. The highest BCUT2D eigenvalue weighted by Gasteiger charge is 2.28. The van der Waals surface area contributed by atoms with Crippen molar-refractivity contribution in [3.8, 4) is 0 Å². The molecule has 1 aliphatic carbocycles. The van der Waals surface area contributed by atoms with Gasteiger partial charge in [-0.25, -0.2) is 0 Å². The van der Waals surface area contributed by atoms with Crippen molar-refractivity contribution in [2.75, 3.05) is 13.6 Å². The fourth-order valence-corrected chi connectivity index (χ4v) is 3.11. The lowest BCUT2D eigenvalue weighted by molar-refractivity contribution is -0.130. The maximum absolute atomic E-state index is 12.1. The Bertz CT molecular complexity index is 440. The van der Waals surface area contributed by atoms with Crippen LogP contribution in [-0.4, -0.2) is 29.8 Å². The van der Waals surface area contributed by atoms with Crippen LogP contribution in [0.5, 0.6) is 0 Å². The third-order valence-electron chi connectivity index (χ3n) is 3.85. The lowest BCUT2D eigenvalue weighted by Gasteiger charge is -2.34. The third kappa shape index (κ3) is 4.24. The highest BCUT2D eigenvalue weighted by Crippen LogP contribution is 2.32. The van der Waals surface area contributed by atoms with E-state index in [2.05, 4.69) is 25.1 Å². The molecule has 0 unspecified atom stereocenters. The molecule has 0 bridgehead atoms. The van der Waals surface area contributed by atoms with E-state index in [0.29, 0.717) is 17.7 Å². The summed E-state index contributed by atoms with van der Waals surface area (Å²) < 4.78 is 0. The van der Waals surface area contributed by atoms with E-state index in [1.54, 1.807) is 0 Å². The van der Waals surface area contributed by atoms with E-state index < -0.39 is 0 Å². The molecule has 1 saturated carbocycles. The van der Waals surface area contributed by atoms with Gasteiger partial charge in [0.2, 0.25) is 5.91 Å². The van der Waals surface area contributed by atoms with Gasteiger partial charge < -0.3 is 4.90 Å². The zero-order valence-corrected chi connectivity index (χ0v) is 12.5. The van der Waals surface area contributed by atoms with Crippen LogP contribution in [0, 0.1) is 12.8 Å². The first-order valence-corrected chi connectivity index (χ1v) is 7.42. The van der Waals surface area contributed by atoms with Gasteiger partial charge in [0, 0.05) is 25.4 Å². The molecule has 1 fully saturated rings. The van der Waals surface area contributed by atoms with Crippen LogP contribution in [0.25, 0.3) is 0 Å². The molecule has 0 aliphatic heterocycles. The highest BCUT2D eigenvalue weighted by molar-refractivity contribution is 6.21. The number of carbonyl (C=O) groups is 1. The van der Waals surface area contributed by atoms with Gasteiger partial charge in [-0.3, -0.25) is 4.79 Å². The highest BCUT2D eigenvalue weighted by atomic mass is 35.5. The number of hydrogen-bond acceptors (Lipinski definition) is 1. The Kier molecular flexibility index (Phi) is 4.87. The van der Waals surface area contributed by atoms with Crippen molar-refractivity contribution in [1.29, 1.82) is 0 Å². The second kappa shape index (κ2) is 6.42. The van der Waals surface area contributed by atoms with Crippen molar-refractivity contribution in [1.82, 2.24) is 4.90 Å². The minimum absolute atomic E-state index is 0.236. The summed E-state index contributed by atoms with van der Waals surface area (Å²) in [5, 5.41) is 0.334. The normalized spacial score (nSPS) is 21.8. The van der Waals surface area contributed by atoms with Crippen molar-refractivity contribution < 1.29 is 4.79 Å². The lowest BCUT2D eigenvalue weighted by Crippen LogP contribution is -2.38. The summed E-state index contributed by atoms with van der Waals surface area (Å²) in [6.45, 7) is 2.94. The Morgan fingerprint density at radius 3 is 2.79 bits per heavy atom. The quantitative estimate of drug-likeness (QED) is 0.757. The van der Waals surface area contributed by atoms with Crippen LogP contribution in [0.15, 0.2) is 24.3 Å². The number of alkyl halides is 1. The third-order valence-corrected chi connectivity index (χ3v) is 4.20. The topological polar surface area (TPSA) is 20.3 Å². The van der Waals surface area contributed by atoms with Gasteiger partial charge in [0.1, 0.15) is 0 Å². The molecule has 0 radical (unpaired) electrons. The summed E-state index contributed by atoms with van der Waals surface area (Å²) in [4.78, 5) is 13.9. The van der Waals surface area contributed by atoms with Crippen LogP contribution < -0.4 is 0 Å². The van der Waals surface area contributed by atoms with E-state index in [0.717, 1.165) is 25.8 Å². The fraction of sp³-hybridized carbons (Fsp3) is 0.562. The fourth-order valence-electron chi connectivity index (χ4n) is 2.60. The summed E-state index contributed by atoms with van der Waals surface area (Å²) in [6, 6.07) is 8.37. The molecular weight excluding hydrogens is 258 g/mol. The first-order valence-electron chi connectivity index (χ1n) is 6.98. The molecule has 1 amide bonds. The summed E-state index contributed by atoms with van der Waals surface area (Å²) in [7, 11) is 1.90. The second-order valence-corrected chi connectivity index (χ2v) is 6.32. The number of nitrogens with zero attached hydrogens (tertiary/aromatic N) is 1. The van der Waals surface area contributed by atoms with E-state index >= 15 is 0 Å². The average molecular weight is 280 g/mol. The van der Waals surface area contributed by atoms with Crippen LogP contribution in [-0.2, 0) is 11.2 Å². The predicted molar refractivity (Wildman–Crippen MR) is 79.5 cm³/mol. The minimum Gasteiger partial charge on any atom is -0.345 e. The number of halogens is 1. The van der Waals surface area contributed by atoms with Gasteiger partial charge >= 0.3 is 0 Å². The molecule has 0 spiro atoms. The molecule has 2 nitrogen and oxygen atoms in total. The van der Waals surface area contributed by atoms with Gasteiger partial charge in [-0.15, -0.1) is 11.6 Å². The number of rotatable bonds is 5. The van der Waals surface area contributed by atoms with Gasteiger partial charge in [0.25, 0.3) is 0 Å². The van der Waals surface area contributed by atoms with E-state index in [-0.39, 0.29) is 5.91 Å². The Labute approximate surface area is 120 Å². The number of amides is 1. The van der Waals surface area contributed by atoms with Gasteiger partial charge in [-0.05, 0) is 37.7 Å². The molecule has 0 atom stereocenters. The van der Waals surface area contributed by atoms with Crippen LogP contribution in [0.2, 0.25) is 0 Å². The first-order chi connectivity index (χ1) is 9.04. The molecule has 1 aromatic carbocycles. The van der Waals surface area contributed by atoms with Gasteiger partial charge in [0.15, 0.2) is 0 Å². The number of benzene rings is 1. The Balaban J connectivity index is 1.74. The van der Waals surface area contributed by atoms with Crippen molar-refractivity contribution in [2.24, 2.45) is 5.92 Å². The number of carbonyl (C=O) groups excluding carboxylic acids is 1. The molecule has 1 aliphatic rings. The zero-order valence-electron chi connectivity index (χ0n) is 11.7. The standard InChI is InChI=1S/C16H22ClNO/c1-12-4-3-5-13(8-12)6-7-16(19)18(2)11-14-9-15(17)10-14/h3-5,8,14-15H,6-7,9-11H2,1-2H3. The van der Waals surface area contributed by atoms with E-state index in [1.165, 1.54) is 11.1 Å². The molecule has 104 valence electrons. The van der Waals surface area contributed by atoms with E-state index in [1.807, 2.05) is 18.0 Å². The Morgan fingerprint density at radius 1 is 1.42 bits per heavy atom. The maximum Gasteiger partial charge on any atom is 0.222 e. The molecule has 0 heterocycles. The smallest absolute Gasteiger partial charge is 0.222 e. The second-order valence-electron chi connectivity index (χ2n) is 5.70. The maximum atomic E-state index is 12.1. The average Bonchev–Trinajstić information content (AvgIpc) is 2.34. The van der Waals surface area contributed by atoms with Crippen molar-refractivity contribution in [3.63, 3.8) is 0 Å². The number of aryl methyl sites for hydroxylation is 2.